The maximum absolute atomic E-state index is 11.0. The van der Waals surface area contributed by atoms with E-state index in [-0.39, 0.29) is 5.97 Å². The lowest BCUT2D eigenvalue weighted by Gasteiger charge is -2.05. The van der Waals surface area contributed by atoms with Crippen molar-refractivity contribution < 1.29 is 9.53 Å². The van der Waals surface area contributed by atoms with Crippen LogP contribution in [0.25, 0.3) is 6.08 Å². The van der Waals surface area contributed by atoms with Crippen molar-refractivity contribution in [2.24, 2.45) is 0 Å². The molecule has 80 valence electrons. The minimum Gasteiger partial charge on any atom is -0.466 e. The largest absolute Gasteiger partial charge is 0.466 e. The molecular formula is C12H13BrO2. The van der Waals surface area contributed by atoms with Crippen molar-refractivity contribution in [3.05, 3.63) is 39.4 Å². The molecule has 0 N–H and O–H groups in total. The average molecular weight is 269 g/mol. The SMILES string of the molecule is COC(=O)/C=C/c1c(C)cc(Br)cc1C. The number of carbonyl (C=O) groups excluding carboxylic acids is 1. The highest BCUT2D eigenvalue weighted by Crippen LogP contribution is 2.21. The number of halogens is 1. The molecule has 0 radical (unpaired) electrons. The van der Waals surface area contributed by atoms with Crippen LogP contribution in [-0.2, 0) is 9.53 Å². The predicted molar refractivity (Wildman–Crippen MR) is 64.7 cm³/mol. The van der Waals surface area contributed by atoms with Crippen LogP contribution in [0.1, 0.15) is 16.7 Å². The lowest BCUT2D eigenvalue weighted by atomic mass is 10.0. The van der Waals surface area contributed by atoms with E-state index in [4.69, 9.17) is 0 Å². The Morgan fingerprint density at radius 2 is 1.87 bits per heavy atom. The molecule has 0 aliphatic rings. The fraction of sp³-hybridized carbons (Fsp3) is 0.250. The summed E-state index contributed by atoms with van der Waals surface area (Å²) in [6.45, 7) is 4.02. The predicted octanol–water partition coefficient (Wildman–Crippen LogP) is 3.25. The first-order chi connectivity index (χ1) is 7.04. The van der Waals surface area contributed by atoms with E-state index in [2.05, 4.69) is 20.7 Å². The van der Waals surface area contributed by atoms with E-state index in [0.29, 0.717) is 0 Å². The fourth-order valence-corrected chi connectivity index (χ4v) is 2.09. The van der Waals surface area contributed by atoms with Gasteiger partial charge in [-0.2, -0.15) is 0 Å². The lowest BCUT2D eigenvalue weighted by molar-refractivity contribution is -0.134. The monoisotopic (exact) mass is 268 g/mol. The molecule has 0 fully saturated rings. The summed E-state index contributed by atoms with van der Waals surface area (Å²) in [6, 6.07) is 4.04. The first-order valence-electron chi connectivity index (χ1n) is 4.57. The van der Waals surface area contributed by atoms with E-state index in [1.807, 2.05) is 26.0 Å². The summed E-state index contributed by atoms with van der Waals surface area (Å²) < 4.78 is 5.59. The molecule has 0 aliphatic heterocycles. The third-order valence-corrected chi connectivity index (χ3v) is 2.60. The molecule has 0 aromatic heterocycles. The normalized spacial score (nSPS) is 10.7. The molecule has 0 unspecified atom stereocenters. The van der Waals surface area contributed by atoms with Crippen molar-refractivity contribution in [2.45, 2.75) is 13.8 Å². The summed E-state index contributed by atoms with van der Waals surface area (Å²) in [5.41, 5.74) is 3.31. The van der Waals surface area contributed by atoms with Gasteiger partial charge in [-0.25, -0.2) is 4.79 Å². The van der Waals surface area contributed by atoms with Gasteiger partial charge in [0.2, 0.25) is 0 Å². The lowest BCUT2D eigenvalue weighted by Crippen LogP contribution is -1.94. The summed E-state index contributed by atoms with van der Waals surface area (Å²) in [7, 11) is 1.37. The maximum atomic E-state index is 11.0. The third-order valence-electron chi connectivity index (χ3n) is 2.15. The van der Waals surface area contributed by atoms with Gasteiger partial charge < -0.3 is 4.74 Å². The highest BCUT2D eigenvalue weighted by atomic mass is 79.9. The zero-order chi connectivity index (χ0) is 11.4. The second-order valence-corrected chi connectivity index (χ2v) is 4.23. The van der Waals surface area contributed by atoms with Crippen molar-refractivity contribution in [2.75, 3.05) is 7.11 Å². The van der Waals surface area contributed by atoms with Crippen LogP contribution in [0.15, 0.2) is 22.7 Å². The Labute approximate surface area is 98.1 Å². The van der Waals surface area contributed by atoms with Gasteiger partial charge in [-0.15, -0.1) is 0 Å². The van der Waals surface area contributed by atoms with Gasteiger partial charge in [0.15, 0.2) is 0 Å². The topological polar surface area (TPSA) is 26.3 Å². The number of carbonyl (C=O) groups is 1. The summed E-state index contributed by atoms with van der Waals surface area (Å²) in [5.74, 6) is -0.336. The number of hydrogen-bond donors (Lipinski definition) is 0. The van der Waals surface area contributed by atoms with Crippen molar-refractivity contribution in [1.29, 1.82) is 0 Å². The number of rotatable bonds is 2. The Morgan fingerprint density at radius 1 is 1.33 bits per heavy atom. The molecule has 0 saturated carbocycles. The number of aryl methyl sites for hydroxylation is 2. The van der Waals surface area contributed by atoms with Crippen LogP contribution in [0.2, 0.25) is 0 Å². The standard InChI is InChI=1S/C12H13BrO2/c1-8-6-10(13)7-9(2)11(8)4-5-12(14)15-3/h4-7H,1-3H3/b5-4+. The molecule has 0 heterocycles. The molecule has 0 spiro atoms. The average Bonchev–Trinajstić information content (AvgIpc) is 2.15. The smallest absolute Gasteiger partial charge is 0.330 e. The molecule has 1 rings (SSSR count). The van der Waals surface area contributed by atoms with Gasteiger partial charge >= 0.3 is 5.97 Å². The van der Waals surface area contributed by atoms with Gasteiger partial charge in [0.1, 0.15) is 0 Å². The zero-order valence-corrected chi connectivity index (χ0v) is 10.6. The molecule has 3 heteroatoms. The van der Waals surface area contributed by atoms with Crippen molar-refractivity contribution in [3.8, 4) is 0 Å². The summed E-state index contributed by atoms with van der Waals surface area (Å²) in [4.78, 5) is 11.0. The number of benzene rings is 1. The van der Waals surface area contributed by atoms with E-state index in [0.717, 1.165) is 21.2 Å². The molecular weight excluding hydrogens is 256 g/mol. The van der Waals surface area contributed by atoms with Crippen LogP contribution in [0.5, 0.6) is 0 Å². The van der Waals surface area contributed by atoms with Crippen molar-refractivity contribution in [3.63, 3.8) is 0 Å². The van der Waals surface area contributed by atoms with Gasteiger partial charge in [-0.05, 0) is 48.7 Å². The quantitative estimate of drug-likeness (QED) is 0.608. The van der Waals surface area contributed by atoms with Crippen LogP contribution in [-0.4, -0.2) is 13.1 Å². The first-order valence-corrected chi connectivity index (χ1v) is 5.36. The molecule has 0 amide bonds. The van der Waals surface area contributed by atoms with Crippen molar-refractivity contribution in [1.82, 2.24) is 0 Å². The molecule has 1 aromatic rings. The highest BCUT2D eigenvalue weighted by Gasteiger charge is 2.01. The van der Waals surface area contributed by atoms with Gasteiger partial charge in [-0.1, -0.05) is 15.9 Å². The molecule has 0 bridgehead atoms. The molecule has 1 aromatic carbocycles. The Kier molecular flexibility index (Phi) is 4.09. The van der Waals surface area contributed by atoms with E-state index in [1.165, 1.54) is 13.2 Å². The van der Waals surface area contributed by atoms with Crippen LogP contribution >= 0.6 is 15.9 Å². The first kappa shape index (κ1) is 12.0. The van der Waals surface area contributed by atoms with Gasteiger partial charge in [-0.3, -0.25) is 0 Å². The second-order valence-electron chi connectivity index (χ2n) is 3.31. The summed E-state index contributed by atoms with van der Waals surface area (Å²) >= 11 is 3.43. The maximum Gasteiger partial charge on any atom is 0.330 e. The highest BCUT2D eigenvalue weighted by molar-refractivity contribution is 9.10. The van der Waals surface area contributed by atoms with Crippen molar-refractivity contribution >= 4 is 28.0 Å². The number of methoxy groups -OCH3 is 1. The minimum atomic E-state index is -0.336. The Hall–Kier alpha value is -1.09. The molecule has 15 heavy (non-hydrogen) atoms. The fourth-order valence-electron chi connectivity index (χ4n) is 1.40. The Bertz CT molecular complexity index is 385. The Balaban J connectivity index is 3.05. The molecule has 2 nitrogen and oxygen atoms in total. The zero-order valence-electron chi connectivity index (χ0n) is 9.00. The van der Waals surface area contributed by atoms with E-state index in [9.17, 15) is 4.79 Å². The number of esters is 1. The van der Waals surface area contributed by atoms with Gasteiger partial charge in [0.25, 0.3) is 0 Å². The molecule has 0 saturated heterocycles. The number of ether oxygens (including phenoxy) is 1. The van der Waals surface area contributed by atoms with E-state index in [1.54, 1.807) is 6.08 Å². The van der Waals surface area contributed by atoms with E-state index < -0.39 is 0 Å². The molecule has 0 aliphatic carbocycles. The van der Waals surface area contributed by atoms with Crippen LogP contribution in [0, 0.1) is 13.8 Å². The van der Waals surface area contributed by atoms with Crippen LogP contribution in [0.4, 0.5) is 0 Å². The van der Waals surface area contributed by atoms with Gasteiger partial charge in [0.05, 0.1) is 7.11 Å². The van der Waals surface area contributed by atoms with Gasteiger partial charge in [0, 0.05) is 10.5 Å². The van der Waals surface area contributed by atoms with E-state index >= 15 is 0 Å². The summed E-state index contributed by atoms with van der Waals surface area (Å²) in [5, 5.41) is 0. The summed E-state index contributed by atoms with van der Waals surface area (Å²) in [6.07, 6.45) is 3.21. The Morgan fingerprint density at radius 3 is 2.33 bits per heavy atom. The minimum absolute atomic E-state index is 0.336. The van der Waals surface area contributed by atoms with Crippen LogP contribution in [0.3, 0.4) is 0 Å². The number of hydrogen-bond acceptors (Lipinski definition) is 2. The third kappa shape index (κ3) is 3.20. The molecule has 0 atom stereocenters. The second kappa shape index (κ2) is 5.12. The van der Waals surface area contributed by atoms with Crippen LogP contribution < -0.4 is 0 Å².